The Labute approximate surface area is 80.1 Å². The molecule has 0 aromatic carbocycles. The molecule has 2 N–H and O–H groups in total. The number of carbonyl (C=O) groups excluding carboxylic acids is 1. The first-order chi connectivity index (χ1) is 6.57. The van der Waals surface area contributed by atoms with E-state index in [4.69, 9.17) is 10.2 Å². The Morgan fingerprint density at radius 2 is 1.57 bits per heavy atom. The zero-order chi connectivity index (χ0) is 10.7. The van der Waals surface area contributed by atoms with E-state index in [1.54, 1.807) is 0 Å². The highest BCUT2D eigenvalue weighted by Gasteiger charge is 2.37. The predicted molar refractivity (Wildman–Crippen MR) is 44.6 cm³/mol. The van der Waals surface area contributed by atoms with Gasteiger partial charge in [-0.3, -0.25) is 4.79 Å². The maximum Gasteiger partial charge on any atom is 0.326 e. The lowest BCUT2D eigenvalue weighted by atomic mass is 9.96. The van der Waals surface area contributed by atoms with Crippen molar-refractivity contribution in [1.29, 1.82) is 0 Å². The molecule has 1 amide bonds. The number of amides is 1. The van der Waals surface area contributed by atoms with Crippen LogP contribution in [0, 0.1) is 0 Å². The summed E-state index contributed by atoms with van der Waals surface area (Å²) in [4.78, 5) is 32.9. The molecule has 0 aliphatic carbocycles. The minimum atomic E-state index is -1.15. The van der Waals surface area contributed by atoms with Crippen LogP contribution in [0.15, 0.2) is 0 Å². The number of nitrogens with zero attached hydrogens (tertiary/aromatic N) is 1. The molecule has 1 fully saturated rings. The van der Waals surface area contributed by atoms with Crippen LogP contribution in [-0.2, 0) is 14.4 Å². The third-order valence-electron chi connectivity index (χ3n) is 2.37. The van der Waals surface area contributed by atoms with Crippen LogP contribution in [0.3, 0.4) is 0 Å². The van der Waals surface area contributed by atoms with E-state index in [2.05, 4.69) is 0 Å². The van der Waals surface area contributed by atoms with E-state index in [1.807, 2.05) is 0 Å². The fraction of sp³-hybridized carbons (Fsp3) is 0.625. The van der Waals surface area contributed by atoms with E-state index in [-0.39, 0.29) is 0 Å². The molecule has 0 spiro atoms. The van der Waals surface area contributed by atoms with Crippen LogP contribution in [0.25, 0.3) is 0 Å². The van der Waals surface area contributed by atoms with Crippen molar-refractivity contribution in [2.75, 3.05) is 0 Å². The summed E-state index contributed by atoms with van der Waals surface area (Å²) < 4.78 is 0. The Morgan fingerprint density at radius 1 is 1.14 bits per heavy atom. The first kappa shape index (κ1) is 10.5. The van der Waals surface area contributed by atoms with Crippen molar-refractivity contribution in [3.63, 3.8) is 0 Å². The summed E-state index contributed by atoms with van der Waals surface area (Å²) in [5, 5.41) is 17.5. The number of carbonyl (C=O) groups is 3. The van der Waals surface area contributed by atoms with Gasteiger partial charge in [0.15, 0.2) is 0 Å². The van der Waals surface area contributed by atoms with E-state index in [0.29, 0.717) is 25.7 Å². The average Bonchev–Trinajstić information content (AvgIpc) is 2.16. The van der Waals surface area contributed by atoms with Gasteiger partial charge in [0.05, 0.1) is 0 Å². The van der Waals surface area contributed by atoms with Crippen LogP contribution in [0.2, 0.25) is 0 Å². The van der Waals surface area contributed by atoms with Crippen molar-refractivity contribution in [3.05, 3.63) is 0 Å². The normalized spacial score (nSPS) is 27.0. The Balaban J connectivity index is 2.84. The molecule has 0 aromatic heterocycles. The minimum Gasteiger partial charge on any atom is -0.480 e. The second-order valence-electron chi connectivity index (χ2n) is 3.19. The summed E-state index contributed by atoms with van der Waals surface area (Å²) >= 11 is 0. The van der Waals surface area contributed by atoms with Crippen LogP contribution in [0.1, 0.15) is 19.3 Å². The molecule has 14 heavy (non-hydrogen) atoms. The number of aliphatic carboxylic acids is 2. The molecular weight excluding hydrogens is 190 g/mol. The summed E-state index contributed by atoms with van der Waals surface area (Å²) in [6, 6.07) is -2.00. The van der Waals surface area contributed by atoms with Crippen molar-refractivity contribution < 1.29 is 24.6 Å². The number of hydrogen-bond donors (Lipinski definition) is 2. The summed E-state index contributed by atoms with van der Waals surface area (Å²) in [6.07, 6.45) is 1.45. The highest BCUT2D eigenvalue weighted by molar-refractivity contribution is 5.82. The molecule has 0 bridgehead atoms. The van der Waals surface area contributed by atoms with Gasteiger partial charge in [-0.1, -0.05) is 0 Å². The lowest BCUT2D eigenvalue weighted by molar-refractivity contribution is -0.157. The van der Waals surface area contributed by atoms with Gasteiger partial charge in [0.1, 0.15) is 12.1 Å². The zero-order valence-corrected chi connectivity index (χ0v) is 7.42. The molecule has 0 saturated carbocycles. The molecule has 2 unspecified atom stereocenters. The maximum atomic E-state index is 10.7. The lowest BCUT2D eigenvalue weighted by Crippen LogP contribution is -2.52. The van der Waals surface area contributed by atoms with Crippen LogP contribution >= 0.6 is 0 Å². The summed E-state index contributed by atoms with van der Waals surface area (Å²) in [7, 11) is 0. The Kier molecular flexibility index (Phi) is 3.06. The standard InChI is InChI=1S/C8H11NO5/c10-4-9-5(7(11)12)2-1-3-6(9)8(13)14/h4-6H,1-3H2,(H,11,12)(H,13,14). The van der Waals surface area contributed by atoms with Gasteiger partial charge >= 0.3 is 11.9 Å². The molecule has 1 saturated heterocycles. The number of piperidine rings is 1. The van der Waals surface area contributed by atoms with Crippen LogP contribution < -0.4 is 0 Å². The SMILES string of the molecule is O=CN1C(C(=O)O)CCCC1C(=O)O. The van der Waals surface area contributed by atoms with Gasteiger partial charge in [0, 0.05) is 0 Å². The fourth-order valence-electron chi connectivity index (χ4n) is 1.67. The molecule has 6 heteroatoms. The summed E-state index contributed by atoms with van der Waals surface area (Å²) in [5.74, 6) is -2.30. The largest absolute Gasteiger partial charge is 0.480 e. The quantitative estimate of drug-likeness (QED) is 0.602. The Morgan fingerprint density at radius 3 is 1.86 bits per heavy atom. The van der Waals surface area contributed by atoms with Crippen molar-refractivity contribution in [3.8, 4) is 0 Å². The molecule has 1 aliphatic heterocycles. The Hall–Kier alpha value is -1.59. The minimum absolute atomic E-state index is 0.302. The molecule has 1 rings (SSSR count). The number of rotatable bonds is 3. The summed E-state index contributed by atoms with van der Waals surface area (Å²) in [5.41, 5.74) is 0. The van der Waals surface area contributed by atoms with Gasteiger partial charge in [0.2, 0.25) is 6.41 Å². The van der Waals surface area contributed by atoms with Gasteiger partial charge in [-0.25, -0.2) is 9.59 Å². The molecule has 6 nitrogen and oxygen atoms in total. The maximum absolute atomic E-state index is 10.7. The third kappa shape index (κ3) is 1.84. The first-order valence-corrected chi connectivity index (χ1v) is 4.26. The van der Waals surface area contributed by atoms with E-state index < -0.39 is 24.0 Å². The number of carboxylic acid groups (broad SMARTS) is 2. The molecule has 1 heterocycles. The van der Waals surface area contributed by atoms with Crippen molar-refractivity contribution >= 4 is 18.3 Å². The molecule has 0 radical (unpaired) electrons. The highest BCUT2D eigenvalue weighted by Crippen LogP contribution is 2.21. The van der Waals surface area contributed by atoms with Crippen molar-refractivity contribution in [2.24, 2.45) is 0 Å². The van der Waals surface area contributed by atoms with Crippen LogP contribution in [0.5, 0.6) is 0 Å². The zero-order valence-electron chi connectivity index (χ0n) is 7.42. The monoisotopic (exact) mass is 201 g/mol. The summed E-state index contributed by atoms with van der Waals surface area (Å²) in [6.45, 7) is 0. The molecule has 78 valence electrons. The van der Waals surface area contributed by atoms with Gasteiger partial charge < -0.3 is 15.1 Å². The molecule has 2 atom stereocenters. The lowest BCUT2D eigenvalue weighted by Gasteiger charge is -2.34. The number of carboxylic acids is 2. The van der Waals surface area contributed by atoms with Gasteiger partial charge in [-0.15, -0.1) is 0 Å². The van der Waals surface area contributed by atoms with Crippen LogP contribution in [-0.4, -0.2) is 45.5 Å². The second kappa shape index (κ2) is 4.08. The average molecular weight is 201 g/mol. The van der Waals surface area contributed by atoms with E-state index in [9.17, 15) is 14.4 Å². The van der Waals surface area contributed by atoms with Crippen molar-refractivity contribution in [1.82, 2.24) is 4.90 Å². The smallest absolute Gasteiger partial charge is 0.326 e. The van der Waals surface area contributed by atoms with Crippen molar-refractivity contribution in [2.45, 2.75) is 31.3 Å². The predicted octanol–water partition coefficient (Wildman–Crippen LogP) is -0.465. The number of likely N-dealkylation sites (tertiary alicyclic amines) is 1. The second-order valence-corrected chi connectivity index (χ2v) is 3.19. The first-order valence-electron chi connectivity index (χ1n) is 4.26. The van der Waals surface area contributed by atoms with Gasteiger partial charge in [-0.05, 0) is 19.3 Å². The topological polar surface area (TPSA) is 94.9 Å². The van der Waals surface area contributed by atoms with Gasteiger partial charge in [0.25, 0.3) is 0 Å². The van der Waals surface area contributed by atoms with E-state index >= 15 is 0 Å². The highest BCUT2D eigenvalue weighted by atomic mass is 16.4. The van der Waals surface area contributed by atoms with E-state index in [1.165, 1.54) is 0 Å². The molecule has 0 aromatic rings. The fourth-order valence-corrected chi connectivity index (χ4v) is 1.67. The van der Waals surface area contributed by atoms with Crippen LogP contribution in [0.4, 0.5) is 0 Å². The third-order valence-corrected chi connectivity index (χ3v) is 2.37. The molecule has 1 aliphatic rings. The van der Waals surface area contributed by atoms with E-state index in [0.717, 1.165) is 4.90 Å². The van der Waals surface area contributed by atoms with Gasteiger partial charge in [-0.2, -0.15) is 0 Å². The Bertz CT molecular complexity index is 242. The number of hydrogen-bond acceptors (Lipinski definition) is 3. The molecular formula is C8H11NO5.